The zero-order valence-corrected chi connectivity index (χ0v) is 18.9. The molecule has 0 unspecified atom stereocenters. The van der Waals surface area contributed by atoms with Crippen molar-refractivity contribution in [2.24, 2.45) is 0 Å². The number of pyridine rings is 1. The van der Waals surface area contributed by atoms with Crippen molar-refractivity contribution < 1.29 is 4.79 Å². The first-order valence-corrected chi connectivity index (χ1v) is 10.8. The van der Waals surface area contributed by atoms with Crippen molar-refractivity contribution in [1.29, 1.82) is 0 Å². The molecule has 31 heavy (non-hydrogen) atoms. The standard InChI is InChI=1S/C27H29N3O/c1-17(2)22-8-6-7-9-23(22)28-26(31)16-24-27(21-11-10-19(4)20(5)15-21)29-25-14-18(3)12-13-30(24)25/h6-15,17H,16H2,1-5H3,(H,28,31). The minimum absolute atomic E-state index is 0.0411. The van der Waals surface area contributed by atoms with Crippen LogP contribution in [0.3, 0.4) is 0 Å². The van der Waals surface area contributed by atoms with Gasteiger partial charge in [0.05, 0.1) is 17.8 Å². The van der Waals surface area contributed by atoms with Gasteiger partial charge in [-0.25, -0.2) is 4.98 Å². The number of hydrogen-bond donors (Lipinski definition) is 1. The number of nitrogens with zero attached hydrogens (tertiary/aromatic N) is 2. The van der Waals surface area contributed by atoms with Crippen molar-refractivity contribution in [3.05, 3.63) is 88.7 Å². The maximum Gasteiger partial charge on any atom is 0.230 e. The molecule has 4 rings (SSSR count). The molecule has 2 heterocycles. The number of hydrogen-bond acceptors (Lipinski definition) is 2. The predicted molar refractivity (Wildman–Crippen MR) is 128 cm³/mol. The summed E-state index contributed by atoms with van der Waals surface area (Å²) in [7, 11) is 0. The summed E-state index contributed by atoms with van der Waals surface area (Å²) >= 11 is 0. The van der Waals surface area contributed by atoms with E-state index in [9.17, 15) is 4.79 Å². The summed E-state index contributed by atoms with van der Waals surface area (Å²) in [6.07, 6.45) is 2.26. The number of nitrogens with one attached hydrogen (secondary N) is 1. The molecule has 2 aromatic carbocycles. The molecule has 0 atom stereocenters. The highest BCUT2D eigenvalue weighted by molar-refractivity contribution is 5.94. The molecule has 0 saturated carbocycles. The van der Waals surface area contributed by atoms with Crippen LogP contribution in [-0.4, -0.2) is 15.3 Å². The van der Waals surface area contributed by atoms with Crippen molar-refractivity contribution in [1.82, 2.24) is 9.38 Å². The van der Waals surface area contributed by atoms with Crippen LogP contribution in [0.5, 0.6) is 0 Å². The van der Waals surface area contributed by atoms with Crippen LogP contribution >= 0.6 is 0 Å². The van der Waals surface area contributed by atoms with Gasteiger partial charge in [-0.2, -0.15) is 0 Å². The molecular weight excluding hydrogens is 382 g/mol. The van der Waals surface area contributed by atoms with Crippen LogP contribution in [0.25, 0.3) is 16.9 Å². The largest absolute Gasteiger partial charge is 0.325 e. The minimum Gasteiger partial charge on any atom is -0.325 e. The van der Waals surface area contributed by atoms with Gasteiger partial charge in [0.2, 0.25) is 5.91 Å². The predicted octanol–water partition coefficient (Wildman–Crippen LogP) is 6.23. The number of rotatable bonds is 5. The minimum atomic E-state index is -0.0411. The highest BCUT2D eigenvalue weighted by Gasteiger charge is 2.18. The summed E-state index contributed by atoms with van der Waals surface area (Å²) in [4.78, 5) is 18.0. The summed E-state index contributed by atoms with van der Waals surface area (Å²) < 4.78 is 2.03. The average Bonchev–Trinajstić information content (AvgIpc) is 3.07. The fraction of sp³-hybridized carbons (Fsp3) is 0.259. The normalized spacial score (nSPS) is 11.3. The fourth-order valence-electron chi connectivity index (χ4n) is 3.95. The van der Waals surface area contributed by atoms with Crippen LogP contribution in [0.2, 0.25) is 0 Å². The van der Waals surface area contributed by atoms with Crippen LogP contribution < -0.4 is 5.32 Å². The molecule has 2 aromatic heterocycles. The lowest BCUT2D eigenvalue weighted by molar-refractivity contribution is -0.115. The van der Waals surface area contributed by atoms with Gasteiger partial charge in [0, 0.05) is 17.4 Å². The molecule has 4 nitrogen and oxygen atoms in total. The zero-order valence-electron chi connectivity index (χ0n) is 18.9. The summed E-state index contributed by atoms with van der Waals surface area (Å²) in [6, 6.07) is 18.5. The Kier molecular flexibility index (Phi) is 5.64. The average molecular weight is 412 g/mol. The summed E-state index contributed by atoms with van der Waals surface area (Å²) in [5.74, 6) is 0.293. The van der Waals surface area contributed by atoms with E-state index in [4.69, 9.17) is 4.98 Å². The lowest BCUT2D eigenvalue weighted by atomic mass is 10.0. The number of benzene rings is 2. The lowest BCUT2D eigenvalue weighted by Crippen LogP contribution is -2.17. The maximum atomic E-state index is 13.1. The molecule has 1 amide bonds. The van der Waals surface area contributed by atoms with Gasteiger partial charge >= 0.3 is 0 Å². The van der Waals surface area contributed by atoms with E-state index >= 15 is 0 Å². The number of anilines is 1. The third kappa shape index (κ3) is 4.24. The first-order valence-electron chi connectivity index (χ1n) is 10.8. The number of para-hydroxylation sites is 1. The molecule has 0 radical (unpaired) electrons. The van der Waals surface area contributed by atoms with Crippen LogP contribution in [0.15, 0.2) is 60.8 Å². The topological polar surface area (TPSA) is 46.4 Å². The van der Waals surface area contributed by atoms with Gasteiger partial charge < -0.3 is 9.72 Å². The Balaban J connectivity index is 1.74. The van der Waals surface area contributed by atoms with E-state index < -0.39 is 0 Å². The molecule has 4 heteroatoms. The Morgan fingerprint density at radius 3 is 2.52 bits per heavy atom. The number of amides is 1. The fourth-order valence-corrected chi connectivity index (χ4v) is 3.95. The van der Waals surface area contributed by atoms with Gasteiger partial charge in [0.25, 0.3) is 0 Å². The van der Waals surface area contributed by atoms with Gasteiger partial charge in [0.15, 0.2) is 0 Å². The van der Waals surface area contributed by atoms with Crippen LogP contribution in [0, 0.1) is 20.8 Å². The summed E-state index contributed by atoms with van der Waals surface area (Å²) in [5, 5.41) is 3.13. The van der Waals surface area contributed by atoms with E-state index in [1.54, 1.807) is 0 Å². The second kappa shape index (κ2) is 8.38. The van der Waals surface area contributed by atoms with Gasteiger partial charge in [-0.1, -0.05) is 44.2 Å². The molecule has 0 aliphatic heterocycles. The Morgan fingerprint density at radius 1 is 1.00 bits per heavy atom. The molecule has 0 bridgehead atoms. The molecule has 0 aliphatic carbocycles. The maximum absolute atomic E-state index is 13.1. The number of aryl methyl sites for hydroxylation is 3. The van der Waals surface area contributed by atoms with Gasteiger partial charge in [-0.05, 0) is 73.2 Å². The Hall–Kier alpha value is -3.40. The molecule has 0 spiro atoms. The highest BCUT2D eigenvalue weighted by atomic mass is 16.1. The van der Waals surface area contributed by atoms with Crippen molar-refractivity contribution in [2.45, 2.75) is 47.0 Å². The van der Waals surface area contributed by atoms with E-state index in [0.29, 0.717) is 5.92 Å². The van der Waals surface area contributed by atoms with Crippen LogP contribution in [0.4, 0.5) is 5.69 Å². The summed E-state index contributed by atoms with van der Waals surface area (Å²) in [6.45, 7) is 10.5. The van der Waals surface area contributed by atoms with Gasteiger partial charge in [-0.15, -0.1) is 0 Å². The van der Waals surface area contributed by atoms with E-state index in [0.717, 1.165) is 39.4 Å². The monoisotopic (exact) mass is 411 g/mol. The third-order valence-corrected chi connectivity index (χ3v) is 5.85. The van der Waals surface area contributed by atoms with Crippen molar-refractivity contribution in [3.8, 4) is 11.3 Å². The van der Waals surface area contributed by atoms with Gasteiger partial charge in [0.1, 0.15) is 5.65 Å². The molecule has 158 valence electrons. The first kappa shape index (κ1) is 20.9. The van der Waals surface area contributed by atoms with Crippen molar-refractivity contribution >= 4 is 17.2 Å². The first-order chi connectivity index (χ1) is 14.8. The number of aromatic nitrogens is 2. The second-order valence-electron chi connectivity index (χ2n) is 8.61. The number of carbonyl (C=O) groups is 1. The summed E-state index contributed by atoms with van der Waals surface area (Å²) in [5.41, 5.74) is 9.28. The quantitative estimate of drug-likeness (QED) is 0.423. The van der Waals surface area contributed by atoms with E-state index in [2.05, 4.69) is 70.3 Å². The lowest BCUT2D eigenvalue weighted by Gasteiger charge is -2.14. The van der Waals surface area contributed by atoms with E-state index in [1.807, 2.05) is 34.9 Å². The molecule has 4 aromatic rings. The molecule has 0 saturated heterocycles. The SMILES string of the molecule is Cc1ccn2c(CC(=O)Nc3ccccc3C(C)C)c(-c3ccc(C)c(C)c3)nc2c1. The van der Waals surface area contributed by atoms with E-state index in [1.165, 1.54) is 11.1 Å². The highest BCUT2D eigenvalue weighted by Crippen LogP contribution is 2.28. The molecular formula is C27H29N3O. The number of fused-ring (bicyclic) bond motifs is 1. The molecule has 0 fully saturated rings. The zero-order chi connectivity index (χ0) is 22.1. The third-order valence-electron chi connectivity index (χ3n) is 5.85. The Labute approximate surface area is 184 Å². The number of carbonyl (C=O) groups excluding carboxylic acids is 1. The number of imidazole rings is 1. The Morgan fingerprint density at radius 2 is 1.77 bits per heavy atom. The molecule has 0 aliphatic rings. The van der Waals surface area contributed by atoms with Crippen LogP contribution in [0.1, 0.15) is 47.7 Å². The van der Waals surface area contributed by atoms with Crippen molar-refractivity contribution in [3.63, 3.8) is 0 Å². The Bertz CT molecular complexity index is 1270. The van der Waals surface area contributed by atoms with Crippen molar-refractivity contribution in [2.75, 3.05) is 5.32 Å². The van der Waals surface area contributed by atoms with Crippen LogP contribution in [-0.2, 0) is 11.2 Å². The second-order valence-corrected chi connectivity index (χ2v) is 8.61. The smallest absolute Gasteiger partial charge is 0.230 e. The van der Waals surface area contributed by atoms with Gasteiger partial charge in [-0.3, -0.25) is 4.79 Å². The molecule has 1 N–H and O–H groups in total. The van der Waals surface area contributed by atoms with E-state index in [-0.39, 0.29) is 12.3 Å².